The summed E-state index contributed by atoms with van der Waals surface area (Å²) in [6.07, 6.45) is 6.54. The molecule has 0 heterocycles. The third-order valence-electron chi connectivity index (χ3n) is 5.65. The maximum atomic E-state index is 13.2. The smallest absolute Gasteiger partial charge is 0.230 e. The molecule has 118 valence electrons. The molecule has 2 unspecified atom stereocenters. The van der Waals surface area contributed by atoms with Gasteiger partial charge in [0.15, 0.2) is 0 Å². The van der Waals surface area contributed by atoms with Gasteiger partial charge in [0.05, 0.1) is 10.4 Å². The fraction of sp³-hybridized carbons (Fsp3) is 0.588. The van der Waals surface area contributed by atoms with Gasteiger partial charge in [-0.3, -0.25) is 4.79 Å². The first-order chi connectivity index (χ1) is 10.4. The van der Waals surface area contributed by atoms with Crippen molar-refractivity contribution >= 4 is 39.1 Å². The van der Waals surface area contributed by atoms with Gasteiger partial charge in [0.1, 0.15) is 5.82 Å². The largest absolute Gasteiger partial charge is 0.326 e. The van der Waals surface area contributed by atoms with Crippen LogP contribution in [0, 0.1) is 23.1 Å². The third-order valence-corrected chi connectivity index (χ3v) is 6.87. The average molecular weight is 387 g/mol. The summed E-state index contributed by atoms with van der Waals surface area (Å²) in [5.41, 5.74) is 0.310. The number of nitrogens with one attached hydrogen (secondary N) is 1. The van der Waals surface area contributed by atoms with E-state index in [4.69, 9.17) is 11.6 Å². The monoisotopic (exact) mass is 385 g/mol. The van der Waals surface area contributed by atoms with E-state index < -0.39 is 5.82 Å². The standard InChI is InChI=1S/C17H18BrClFNO/c18-17-7-10-3-11(8-17)6-16(5-10,9-17)15(22)21-12-1-2-14(20)13(19)4-12/h1-2,4,10-11H,3,5-9H2,(H,21,22)/t10-,11+,16?,17?. The van der Waals surface area contributed by atoms with E-state index in [1.807, 2.05) is 0 Å². The molecule has 0 aromatic heterocycles. The second-order valence-corrected chi connectivity index (χ2v) is 9.56. The summed E-state index contributed by atoms with van der Waals surface area (Å²) in [5, 5.41) is 3.02. The second kappa shape index (κ2) is 4.94. The first-order valence-corrected chi connectivity index (χ1v) is 9.00. The van der Waals surface area contributed by atoms with Gasteiger partial charge in [0.2, 0.25) is 5.91 Å². The van der Waals surface area contributed by atoms with Gasteiger partial charge >= 0.3 is 0 Å². The number of carbonyl (C=O) groups excluding carboxylic acids is 1. The predicted octanol–water partition coefficient (Wildman–Crippen LogP) is 5.15. The fourth-order valence-electron chi connectivity index (χ4n) is 5.25. The minimum atomic E-state index is -0.464. The molecule has 5 rings (SSSR count). The molecule has 0 aliphatic heterocycles. The molecule has 0 radical (unpaired) electrons. The van der Waals surface area contributed by atoms with E-state index in [2.05, 4.69) is 21.2 Å². The zero-order valence-corrected chi connectivity index (χ0v) is 14.5. The van der Waals surface area contributed by atoms with Crippen LogP contribution in [-0.4, -0.2) is 10.2 Å². The number of rotatable bonds is 2. The first kappa shape index (κ1) is 14.9. The summed E-state index contributed by atoms with van der Waals surface area (Å²) in [6.45, 7) is 0. The van der Waals surface area contributed by atoms with Crippen molar-refractivity contribution in [2.45, 2.75) is 42.8 Å². The Hall–Kier alpha value is -0.610. The second-order valence-electron chi connectivity index (χ2n) is 7.48. The molecule has 4 fully saturated rings. The summed E-state index contributed by atoms with van der Waals surface area (Å²) in [4.78, 5) is 12.9. The topological polar surface area (TPSA) is 29.1 Å². The number of carbonyl (C=O) groups is 1. The van der Waals surface area contributed by atoms with Gasteiger partial charge in [-0.2, -0.15) is 0 Å². The number of halogens is 3. The maximum Gasteiger partial charge on any atom is 0.230 e. The minimum absolute atomic E-state index is 0.0419. The van der Waals surface area contributed by atoms with E-state index in [0.29, 0.717) is 17.5 Å². The zero-order valence-electron chi connectivity index (χ0n) is 12.2. The Kier molecular flexibility index (Phi) is 3.36. The van der Waals surface area contributed by atoms with Crippen molar-refractivity contribution in [2.75, 3.05) is 5.32 Å². The molecule has 1 amide bonds. The van der Waals surface area contributed by atoms with Gasteiger partial charge in [0, 0.05) is 10.0 Å². The van der Waals surface area contributed by atoms with Gasteiger partial charge in [-0.25, -0.2) is 4.39 Å². The lowest BCUT2D eigenvalue weighted by Crippen LogP contribution is -2.57. The Balaban J connectivity index is 1.58. The number of hydrogen-bond acceptors (Lipinski definition) is 1. The minimum Gasteiger partial charge on any atom is -0.326 e. The van der Waals surface area contributed by atoms with E-state index in [1.165, 1.54) is 31.4 Å². The summed E-state index contributed by atoms with van der Waals surface area (Å²) in [7, 11) is 0. The molecule has 1 aromatic rings. The van der Waals surface area contributed by atoms with Crippen molar-refractivity contribution < 1.29 is 9.18 Å². The van der Waals surface area contributed by atoms with Gasteiger partial charge in [-0.15, -0.1) is 0 Å². The van der Waals surface area contributed by atoms with E-state index in [0.717, 1.165) is 19.3 Å². The average Bonchev–Trinajstić information content (AvgIpc) is 2.40. The van der Waals surface area contributed by atoms with Gasteiger partial charge in [0.25, 0.3) is 0 Å². The molecule has 4 aliphatic carbocycles. The number of benzene rings is 1. The van der Waals surface area contributed by atoms with Crippen LogP contribution in [0.5, 0.6) is 0 Å². The highest BCUT2D eigenvalue weighted by Crippen LogP contribution is 2.64. The van der Waals surface area contributed by atoms with Crippen LogP contribution in [0.3, 0.4) is 0 Å². The molecule has 4 atom stereocenters. The molecule has 1 aromatic carbocycles. The fourth-order valence-corrected chi connectivity index (χ4v) is 6.89. The molecular weight excluding hydrogens is 369 g/mol. The normalized spacial score (nSPS) is 39.0. The highest BCUT2D eigenvalue weighted by atomic mass is 79.9. The molecule has 4 aliphatic rings. The van der Waals surface area contributed by atoms with Crippen molar-refractivity contribution in [3.63, 3.8) is 0 Å². The molecule has 4 bridgehead atoms. The van der Waals surface area contributed by atoms with Crippen LogP contribution in [0.25, 0.3) is 0 Å². The molecule has 0 spiro atoms. The van der Waals surface area contributed by atoms with Crippen LogP contribution < -0.4 is 5.32 Å². The Morgan fingerprint density at radius 2 is 1.95 bits per heavy atom. The molecular formula is C17H18BrClFNO. The van der Waals surface area contributed by atoms with Crippen molar-refractivity contribution in [1.29, 1.82) is 0 Å². The van der Waals surface area contributed by atoms with Crippen molar-refractivity contribution in [3.05, 3.63) is 29.0 Å². The van der Waals surface area contributed by atoms with Crippen LogP contribution in [0.15, 0.2) is 18.2 Å². The Labute approximate surface area is 142 Å². The Morgan fingerprint density at radius 1 is 1.27 bits per heavy atom. The van der Waals surface area contributed by atoms with Crippen molar-refractivity contribution in [3.8, 4) is 0 Å². The summed E-state index contributed by atoms with van der Waals surface area (Å²) in [5.74, 6) is 0.924. The quantitative estimate of drug-likeness (QED) is 0.700. The number of alkyl halides is 1. The lowest BCUT2D eigenvalue weighted by Gasteiger charge is -2.59. The number of amides is 1. The first-order valence-electron chi connectivity index (χ1n) is 7.83. The zero-order chi connectivity index (χ0) is 15.5. The van der Waals surface area contributed by atoms with E-state index in [-0.39, 0.29) is 20.7 Å². The van der Waals surface area contributed by atoms with E-state index in [9.17, 15) is 9.18 Å². The Morgan fingerprint density at radius 3 is 2.55 bits per heavy atom. The van der Waals surface area contributed by atoms with Gasteiger partial charge < -0.3 is 5.32 Å². The SMILES string of the molecule is O=C(Nc1ccc(F)c(Cl)c1)C12C[C@@H]3C[C@@H](CC(Br)(C3)C1)C2. The van der Waals surface area contributed by atoms with Gasteiger partial charge in [-0.1, -0.05) is 27.5 Å². The van der Waals surface area contributed by atoms with E-state index >= 15 is 0 Å². The van der Waals surface area contributed by atoms with Crippen LogP contribution in [0.4, 0.5) is 10.1 Å². The maximum absolute atomic E-state index is 13.2. The highest BCUT2D eigenvalue weighted by Gasteiger charge is 2.59. The molecule has 4 saturated carbocycles. The molecule has 0 saturated heterocycles. The summed E-state index contributed by atoms with van der Waals surface area (Å²) in [6, 6.07) is 4.35. The molecule has 22 heavy (non-hydrogen) atoms. The van der Waals surface area contributed by atoms with Crippen LogP contribution in [-0.2, 0) is 4.79 Å². The van der Waals surface area contributed by atoms with Crippen LogP contribution >= 0.6 is 27.5 Å². The Bertz CT molecular complexity index is 636. The number of anilines is 1. The molecule has 5 heteroatoms. The molecule has 2 nitrogen and oxygen atoms in total. The van der Waals surface area contributed by atoms with Gasteiger partial charge in [-0.05, 0) is 68.6 Å². The van der Waals surface area contributed by atoms with E-state index in [1.54, 1.807) is 6.07 Å². The summed E-state index contributed by atoms with van der Waals surface area (Å²) >= 11 is 9.72. The van der Waals surface area contributed by atoms with Crippen molar-refractivity contribution in [2.24, 2.45) is 17.3 Å². The highest BCUT2D eigenvalue weighted by molar-refractivity contribution is 9.10. The molecule has 1 N–H and O–H groups in total. The van der Waals surface area contributed by atoms with Crippen LogP contribution in [0.1, 0.15) is 38.5 Å². The number of hydrogen-bond donors (Lipinski definition) is 1. The summed E-state index contributed by atoms with van der Waals surface area (Å²) < 4.78 is 13.4. The third kappa shape index (κ3) is 2.39. The lowest BCUT2D eigenvalue weighted by molar-refractivity contribution is -0.138. The lowest BCUT2D eigenvalue weighted by atomic mass is 9.49. The predicted molar refractivity (Wildman–Crippen MR) is 88.8 cm³/mol. The van der Waals surface area contributed by atoms with Crippen LogP contribution in [0.2, 0.25) is 5.02 Å². The van der Waals surface area contributed by atoms with Crippen molar-refractivity contribution in [1.82, 2.24) is 0 Å².